The maximum absolute atomic E-state index is 12.4. The predicted octanol–water partition coefficient (Wildman–Crippen LogP) is 7.18. The van der Waals surface area contributed by atoms with Gasteiger partial charge in [0.15, 0.2) is 0 Å². The van der Waals surface area contributed by atoms with Crippen LogP contribution in [0.5, 0.6) is 11.5 Å². The van der Waals surface area contributed by atoms with Crippen LogP contribution in [0.2, 0.25) is 0 Å². The average molecular weight is 418 g/mol. The minimum absolute atomic E-state index is 0.365. The van der Waals surface area contributed by atoms with Crippen molar-refractivity contribution in [3.8, 4) is 11.5 Å². The van der Waals surface area contributed by atoms with Crippen molar-refractivity contribution in [1.29, 1.82) is 0 Å². The van der Waals surface area contributed by atoms with Crippen molar-refractivity contribution in [2.24, 2.45) is 0 Å². The SMILES string of the molecule is CCCCCCCCCCOc1ccc(C(=O)Oc2ccc([C]3[CH][CH][CH][CH]3)cc2)cc1. The molecule has 3 heteroatoms. The lowest BCUT2D eigenvalue weighted by Crippen LogP contribution is -2.08. The summed E-state index contributed by atoms with van der Waals surface area (Å²) in [5.74, 6) is 2.12. The van der Waals surface area contributed by atoms with Crippen LogP contribution in [0.15, 0.2) is 48.5 Å². The van der Waals surface area contributed by atoms with Crippen molar-refractivity contribution in [2.45, 2.75) is 58.3 Å². The van der Waals surface area contributed by atoms with E-state index in [-0.39, 0.29) is 5.97 Å². The topological polar surface area (TPSA) is 35.5 Å². The second-order valence-corrected chi connectivity index (χ2v) is 7.94. The first kappa shape index (κ1) is 23.4. The third-order valence-electron chi connectivity index (χ3n) is 5.42. The fourth-order valence-corrected chi connectivity index (χ4v) is 3.56. The van der Waals surface area contributed by atoms with Gasteiger partial charge in [-0.3, -0.25) is 0 Å². The maximum atomic E-state index is 12.4. The Morgan fingerprint density at radius 1 is 0.710 bits per heavy atom. The molecule has 2 aromatic rings. The van der Waals surface area contributed by atoms with Gasteiger partial charge in [-0.1, -0.05) is 64.0 Å². The van der Waals surface area contributed by atoms with Gasteiger partial charge in [0.25, 0.3) is 0 Å². The molecule has 0 bridgehead atoms. The molecule has 1 aliphatic carbocycles. The Morgan fingerprint density at radius 3 is 1.94 bits per heavy atom. The predicted molar refractivity (Wildman–Crippen MR) is 125 cm³/mol. The largest absolute Gasteiger partial charge is 0.494 e. The molecule has 0 unspecified atom stereocenters. The zero-order valence-electron chi connectivity index (χ0n) is 18.5. The summed E-state index contributed by atoms with van der Waals surface area (Å²) < 4.78 is 11.3. The Balaban J connectivity index is 1.35. The quantitative estimate of drug-likeness (QED) is 0.197. The van der Waals surface area contributed by atoms with Gasteiger partial charge >= 0.3 is 5.97 Å². The molecule has 0 aliphatic heterocycles. The highest BCUT2D eigenvalue weighted by Gasteiger charge is 2.19. The zero-order chi connectivity index (χ0) is 21.7. The second-order valence-electron chi connectivity index (χ2n) is 7.94. The van der Waals surface area contributed by atoms with Gasteiger partial charge in [-0.05, 0) is 74.1 Å². The zero-order valence-corrected chi connectivity index (χ0v) is 18.5. The number of esters is 1. The summed E-state index contributed by atoms with van der Waals surface area (Å²) in [7, 11) is 0. The molecule has 3 rings (SSSR count). The Hall–Kier alpha value is -2.29. The van der Waals surface area contributed by atoms with E-state index < -0.39 is 0 Å². The van der Waals surface area contributed by atoms with Crippen LogP contribution in [0.3, 0.4) is 0 Å². The van der Waals surface area contributed by atoms with Crippen molar-refractivity contribution in [3.63, 3.8) is 0 Å². The number of unbranched alkanes of at least 4 members (excludes halogenated alkanes) is 7. The molecule has 0 N–H and O–H groups in total. The standard InChI is InChI=1S/C28H33O3/c1-2-3-4-5-6-7-8-11-22-30-26-18-16-25(17-19-26)28(29)31-27-20-14-24(15-21-27)23-12-9-10-13-23/h9-10,12-21H,2-8,11,22H2,1H3. The number of hydrogen-bond donors (Lipinski definition) is 0. The molecule has 163 valence electrons. The van der Waals surface area contributed by atoms with Crippen LogP contribution in [0, 0.1) is 31.6 Å². The molecule has 0 aromatic heterocycles. The lowest BCUT2D eigenvalue weighted by molar-refractivity contribution is 0.0734. The summed E-state index contributed by atoms with van der Waals surface area (Å²) in [5.41, 5.74) is 1.61. The fourth-order valence-electron chi connectivity index (χ4n) is 3.56. The molecule has 3 nitrogen and oxygen atoms in total. The first-order valence-corrected chi connectivity index (χ1v) is 11.5. The summed E-state index contributed by atoms with van der Waals surface area (Å²) in [6.07, 6.45) is 18.4. The van der Waals surface area contributed by atoms with Gasteiger partial charge < -0.3 is 9.47 Å². The maximum Gasteiger partial charge on any atom is 0.343 e. The highest BCUT2D eigenvalue weighted by molar-refractivity contribution is 5.91. The molecule has 1 fully saturated rings. The normalized spacial score (nSPS) is 14.0. The number of benzene rings is 2. The van der Waals surface area contributed by atoms with Crippen LogP contribution in [0.4, 0.5) is 0 Å². The van der Waals surface area contributed by atoms with E-state index in [4.69, 9.17) is 9.47 Å². The fraction of sp³-hybridized carbons (Fsp3) is 0.357. The Bertz CT molecular complexity index is 758. The van der Waals surface area contributed by atoms with E-state index in [0.717, 1.165) is 23.7 Å². The van der Waals surface area contributed by atoms with Gasteiger partial charge in [0.1, 0.15) is 11.5 Å². The molecule has 0 atom stereocenters. The van der Waals surface area contributed by atoms with E-state index in [1.54, 1.807) is 12.1 Å². The average Bonchev–Trinajstić information content (AvgIpc) is 3.34. The monoisotopic (exact) mass is 417 g/mol. The van der Waals surface area contributed by atoms with Crippen molar-refractivity contribution in [2.75, 3.05) is 6.61 Å². The van der Waals surface area contributed by atoms with Crippen molar-refractivity contribution < 1.29 is 14.3 Å². The van der Waals surface area contributed by atoms with Gasteiger partial charge in [0.2, 0.25) is 0 Å². The van der Waals surface area contributed by atoms with Gasteiger partial charge in [0.05, 0.1) is 12.2 Å². The van der Waals surface area contributed by atoms with Crippen molar-refractivity contribution in [1.82, 2.24) is 0 Å². The first-order chi connectivity index (χ1) is 15.3. The van der Waals surface area contributed by atoms with E-state index in [1.165, 1.54) is 44.9 Å². The van der Waals surface area contributed by atoms with Gasteiger partial charge in [-0.15, -0.1) is 0 Å². The highest BCUT2D eigenvalue weighted by Crippen LogP contribution is 2.31. The van der Waals surface area contributed by atoms with Gasteiger partial charge in [-0.2, -0.15) is 0 Å². The second kappa shape index (κ2) is 13.2. The molecular formula is C28H33O3. The molecule has 0 amide bonds. The third-order valence-corrected chi connectivity index (χ3v) is 5.42. The van der Waals surface area contributed by atoms with Crippen molar-refractivity contribution >= 4 is 5.97 Å². The third kappa shape index (κ3) is 8.05. The number of carbonyl (C=O) groups is 1. The highest BCUT2D eigenvalue weighted by atomic mass is 16.5. The van der Waals surface area contributed by atoms with Gasteiger partial charge in [-0.25, -0.2) is 4.79 Å². The minimum atomic E-state index is -0.365. The molecular weight excluding hydrogens is 384 g/mol. The summed E-state index contributed by atoms with van der Waals surface area (Å²) >= 11 is 0. The summed E-state index contributed by atoms with van der Waals surface area (Å²) in [6.45, 7) is 2.96. The smallest absolute Gasteiger partial charge is 0.343 e. The molecule has 1 aliphatic rings. The van der Waals surface area contributed by atoms with Crippen LogP contribution < -0.4 is 9.47 Å². The first-order valence-electron chi connectivity index (χ1n) is 11.5. The number of carbonyl (C=O) groups excluding carboxylic acids is 1. The molecule has 1 saturated carbocycles. The minimum Gasteiger partial charge on any atom is -0.494 e. The van der Waals surface area contributed by atoms with Crippen LogP contribution in [0.25, 0.3) is 0 Å². The Morgan fingerprint density at radius 2 is 1.29 bits per heavy atom. The summed E-state index contributed by atoms with van der Waals surface area (Å²) in [6, 6.07) is 14.7. The van der Waals surface area contributed by atoms with E-state index >= 15 is 0 Å². The van der Waals surface area contributed by atoms with Crippen LogP contribution in [-0.4, -0.2) is 12.6 Å². The van der Waals surface area contributed by atoms with Crippen molar-refractivity contribution in [3.05, 3.63) is 91.3 Å². The molecule has 0 spiro atoms. The molecule has 0 heterocycles. The molecule has 31 heavy (non-hydrogen) atoms. The van der Waals surface area contributed by atoms with E-state index in [1.807, 2.05) is 49.2 Å². The Kier molecular flexibility index (Phi) is 9.95. The number of ether oxygens (including phenoxy) is 2. The number of hydrogen-bond acceptors (Lipinski definition) is 3. The van der Waals surface area contributed by atoms with Gasteiger partial charge in [0, 0.05) is 5.92 Å². The van der Waals surface area contributed by atoms with E-state index in [9.17, 15) is 4.79 Å². The van der Waals surface area contributed by atoms with Crippen LogP contribution >= 0.6 is 0 Å². The Labute approximate surface area is 188 Å². The molecule has 5 radical (unpaired) electrons. The molecule has 0 saturated heterocycles. The summed E-state index contributed by atoms with van der Waals surface area (Å²) in [4.78, 5) is 12.4. The lowest BCUT2D eigenvalue weighted by Gasteiger charge is -2.10. The lowest BCUT2D eigenvalue weighted by atomic mass is 9.98. The summed E-state index contributed by atoms with van der Waals surface area (Å²) in [5, 5.41) is 0. The van der Waals surface area contributed by atoms with Crippen LogP contribution in [-0.2, 0) is 0 Å². The molecule has 2 aromatic carbocycles. The number of rotatable bonds is 13. The van der Waals surface area contributed by atoms with E-state index in [0.29, 0.717) is 17.9 Å². The van der Waals surface area contributed by atoms with Crippen LogP contribution in [0.1, 0.15) is 74.2 Å². The van der Waals surface area contributed by atoms with E-state index in [2.05, 4.69) is 19.8 Å².